The van der Waals surface area contributed by atoms with Gasteiger partial charge < -0.3 is 10.1 Å². The smallest absolute Gasteiger partial charge is 0.308 e. The molecule has 0 radical (unpaired) electrons. The molecule has 0 aliphatic carbocycles. The number of carbonyl (C=O) groups excluding carboxylic acids is 1. The van der Waals surface area contributed by atoms with Crippen molar-refractivity contribution in [1.29, 1.82) is 0 Å². The fourth-order valence-electron chi connectivity index (χ4n) is 0.900. The Morgan fingerprint density at radius 3 is 2.85 bits per heavy atom. The van der Waals surface area contributed by atoms with Crippen LogP contribution in [0.5, 0.6) is 5.75 Å². The zero-order valence-corrected chi connectivity index (χ0v) is 8.77. The maximum Gasteiger partial charge on any atom is 0.308 e. The highest BCUT2D eigenvalue weighted by atomic mass is 32.1. The monoisotopic (exact) mass is 199 g/mol. The van der Waals surface area contributed by atoms with Crippen LogP contribution < -0.4 is 10.1 Å². The van der Waals surface area contributed by atoms with Gasteiger partial charge in [0.15, 0.2) is 5.75 Å². The lowest BCUT2D eigenvalue weighted by Crippen LogP contribution is -2.10. The van der Waals surface area contributed by atoms with Crippen LogP contribution in [-0.2, 0) is 4.79 Å². The van der Waals surface area contributed by atoms with Crippen molar-refractivity contribution in [2.45, 2.75) is 26.8 Å². The van der Waals surface area contributed by atoms with E-state index in [4.69, 9.17) is 4.74 Å². The standard InChI is InChI=1S/C9H13NO2S/c1-6(2)10-9-8(4-5-13-9)12-7(3)11/h4-6,10H,1-3H3. The van der Waals surface area contributed by atoms with Crippen molar-refractivity contribution < 1.29 is 9.53 Å². The Morgan fingerprint density at radius 1 is 1.62 bits per heavy atom. The second-order valence-electron chi connectivity index (χ2n) is 3.01. The summed E-state index contributed by atoms with van der Waals surface area (Å²) in [6.45, 7) is 5.48. The summed E-state index contributed by atoms with van der Waals surface area (Å²) in [5, 5.41) is 6.00. The molecule has 0 spiro atoms. The van der Waals surface area contributed by atoms with E-state index in [9.17, 15) is 4.79 Å². The normalized spacial score (nSPS) is 10.2. The summed E-state index contributed by atoms with van der Waals surface area (Å²) in [7, 11) is 0. The van der Waals surface area contributed by atoms with Crippen molar-refractivity contribution >= 4 is 22.3 Å². The highest BCUT2D eigenvalue weighted by Crippen LogP contribution is 2.31. The van der Waals surface area contributed by atoms with Crippen LogP contribution in [0.15, 0.2) is 11.4 Å². The zero-order valence-electron chi connectivity index (χ0n) is 7.96. The van der Waals surface area contributed by atoms with Gasteiger partial charge in [-0.1, -0.05) is 0 Å². The molecule has 0 aliphatic heterocycles. The molecule has 0 saturated carbocycles. The van der Waals surface area contributed by atoms with Crippen LogP contribution >= 0.6 is 11.3 Å². The van der Waals surface area contributed by atoms with Crippen molar-refractivity contribution in [3.05, 3.63) is 11.4 Å². The van der Waals surface area contributed by atoms with Crippen LogP contribution in [0.3, 0.4) is 0 Å². The number of rotatable bonds is 3. The largest absolute Gasteiger partial charge is 0.424 e. The van der Waals surface area contributed by atoms with Crippen LogP contribution in [0, 0.1) is 0 Å². The average molecular weight is 199 g/mol. The topological polar surface area (TPSA) is 38.3 Å². The first-order chi connectivity index (χ1) is 6.09. The second-order valence-corrected chi connectivity index (χ2v) is 3.92. The Bertz CT molecular complexity index is 294. The molecule has 1 aromatic heterocycles. The Labute approximate surface area is 81.7 Å². The number of esters is 1. The molecule has 1 rings (SSSR count). The molecule has 0 amide bonds. The lowest BCUT2D eigenvalue weighted by molar-refractivity contribution is -0.131. The van der Waals surface area contributed by atoms with Crippen LogP contribution in [-0.4, -0.2) is 12.0 Å². The Balaban J connectivity index is 2.71. The summed E-state index contributed by atoms with van der Waals surface area (Å²) >= 11 is 1.53. The van der Waals surface area contributed by atoms with E-state index in [1.165, 1.54) is 18.3 Å². The lowest BCUT2D eigenvalue weighted by atomic mass is 10.4. The van der Waals surface area contributed by atoms with Crippen molar-refractivity contribution in [2.24, 2.45) is 0 Å². The number of thiophene rings is 1. The molecule has 0 bridgehead atoms. The van der Waals surface area contributed by atoms with Gasteiger partial charge in [-0.05, 0) is 25.3 Å². The third kappa shape index (κ3) is 3.06. The highest BCUT2D eigenvalue weighted by molar-refractivity contribution is 7.14. The Kier molecular flexibility index (Phi) is 3.31. The third-order valence-electron chi connectivity index (χ3n) is 1.30. The molecular weight excluding hydrogens is 186 g/mol. The second kappa shape index (κ2) is 4.28. The van der Waals surface area contributed by atoms with E-state index < -0.39 is 0 Å². The molecule has 0 aliphatic rings. The van der Waals surface area contributed by atoms with Crippen molar-refractivity contribution in [3.8, 4) is 5.75 Å². The SMILES string of the molecule is CC(=O)Oc1ccsc1NC(C)C. The molecule has 1 aromatic rings. The lowest BCUT2D eigenvalue weighted by Gasteiger charge is -2.09. The summed E-state index contributed by atoms with van der Waals surface area (Å²) in [5.41, 5.74) is 0. The molecule has 1 N–H and O–H groups in total. The first kappa shape index (κ1) is 10.1. The van der Waals surface area contributed by atoms with Crippen molar-refractivity contribution in [3.63, 3.8) is 0 Å². The number of nitrogens with one attached hydrogen (secondary N) is 1. The average Bonchev–Trinajstić information content (AvgIpc) is 2.34. The van der Waals surface area contributed by atoms with Gasteiger partial charge in [-0.3, -0.25) is 4.79 Å². The molecule has 0 unspecified atom stereocenters. The predicted octanol–water partition coefficient (Wildman–Crippen LogP) is 2.49. The number of hydrogen-bond donors (Lipinski definition) is 1. The number of anilines is 1. The van der Waals surface area contributed by atoms with E-state index in [0.717, 1.165) is 5.00 Å². The number of ether oxygens (including phenoxy) is 1. The molecule has 4 heteroatoms. The van der Waals surface area contributed by atoms with Crippen LogP contribution in [0.2, 0.25) is 0 Å². The summed E-state index contributed by atoms with van der Waals surface area (Å²) in [6.07, 6.45) is 0. The molecule has 13 heavy (non-hydrogen) atoms. The van der Waals surface area contributed by atoms with Gasteiger partial charge in [-0.25, -0.2) is 0 Å². The molecule has 0 aromatic carbocycles. The van der Waals surface area contributed by atoms with Crippen LogP contribution in [0.1, 0.15) is 20.8 Å². The summed E-state index contributed by atoms with van der Waals surface area (Å²) in [4.78, 5) is 10.7. The minimum atomic E-state index is -0.287. The minimum absolute atomic E-state index is 0.287. The predicted molar refractivity (Wildman–Crippen MR) is 54.4 cm³/mol. The molecule has 1 heterocycles. The van der Waals surface area contributed by atoms with Gasteiger partial charge in [0, 0.05) is 13.0 Å². The van der Waals surface area contributed by atoms with E-state index in [-0.39, 0.29) is 5.97 Å². The number of carbonyl (C=O) groups is 1. The van der Waals surface area contributed by atoms with E-state index in [2.05, 4.69) is 5.32 Å². The molecule has 3 nitrogen and oxygen atoms in total. The Hall–Kier alpha value is -1.03. The molecular formula is C9H13NO2S. The van der Waals surface area contributed by atoms with Crippen molar-refractivity contribution in [1.82, 2.24) is 0 Å². The van der Waals surface area contributed by atoms with Gasteiger partial charge in [0.05, 0.1) is 0 Å². The van der Waals surface area contributed by atoms with Crippen molar-refractivity contribution in [2.75, 3.05) is 5.32 Å². The van der Waals surface area contributed by atoms with Gasteiger partial charge in [-0.2, -0.15) is 0 Å². The third-order valence-corrected chi connectivity index (χ3v) is 2.13. The van der Waals surface area contributed by atoms with Gasteiger partial charge >= 0.3 is 5.97 Å². The zero-order chi connectivity index (χ0) is 9.84. The number of hydrogen-bond acceptors (Lipinski definition) is 4. The quantitative estimate of drug-likeness (QED) is 0.760. The van der Waals surface area contributed by atoms with E-state index in [1.807, 2.05) is 19.2 Å². The molecule has 0 atom stereocenters. The first-order valence-corrected chi connectivity index (χ1v) is 5.00. The van der Waals surface area contributed by atoms with E-state index >= 15 is 0 Å². The fraction of sp³-hybridized carbons (Fsp3) is 0.444. The summed E-state index contributed by atoms with van der Waals surface area (Å²) in [6, 6.07) is 2.13. The molecule has 72 valence electrons. The van der Waals surface area contributed by atoms with Crippen LogP contribution in [0.25, 0.3) is 0 Å². The fourth-order valence-corrected chi connectivity index (χ4v) is 1.76. The van der Waals surface area contributed by atoms with Gasteiger partial charge in [-0.15, -0.1) is 11.3 Å². The van der Waals surface area contributed by atoms with Gasteiger partial charge in [0.2, 0.25) is 0 Å². The Morgan fingerprint density at radius 2 is 2.31 bits per heavy atom. The summed E-state index contributed by atoms with van der Waals surface area (Å²) < 4.78 is 5.00. The maximum absolute atomic E-state index is 10.7. The minimum Gasteiger partial charge on any atom is -0.424 e. The molecule has 0 saturated heterocycles. The van der Waals surface area contributed by atoms with E-state index in [0.29, 0.717) is 11.8 Å². The summed E-state index contributed by atoms with van der Waals surface area (Å²) in [5.74, 6) is 0.330. The van der Waals surface area contributed by atoms with Crippen LogP contribution in [0.4, 0.5) is 5.00 Å². The van der Waals surface area contributed by atoms with E-state index in [1.54, 1.807) is 6.07 Å². The van der Waals surface area contributed by atoms with Gasteiger partial charge in [0.1, 0.15) is 5.00 Å². The first-order valence-electron chi connectivity index (χ1n) is 4.12. The highest BCUT2D eigenvalue weighted by Gasteiger charge is 2.07. The molecule has 0 fully saturated rings. The maximum atomic E-state index is 10.7. The van der Waals surface area contributed by atoms with Gasteiger partial charge in [0.25, 0.3) is 0 Å².